The SMILES string of the molecule is O=[N+]([O-])c1cccc(CO/N=C\c2ccccc2OCc2cccc3ccccc23)c1. The minimum atomic E-state index is -0.434. The second kappa shape index (κ2) is 9.54. The zero-order valence-corrected chi connectivity index (χ0v) is 16.7. The first-order valence-electron chi connectivity index (χ1n) is 9.78. The second-order valence-electron chi connectivity index (χ2n) is 6.90. The second-order valence-corrected chi connectivity index (χ2v) is 6.90. The Bertz CT molecular complexity index is 1230. The lowest BCUT2D eigenvalue weighted by Crippen LogP contribution is -1.99. The van der Waals surface area contributed by atoms with Crippen LogP contribution in [-0.2, 0) is 18.1 Å². The van der Waals surface area contributed by atoms with Crippen molar-refractivity contribution in [1.82, 2.24) is 0 Å². The van der Waals surface area contributed by atoms with Gasteiger partial charge in [-0.25, -0.2) is 0 Å². The number of para-hydroxylation sites is 1. The summed E-state index contributed by atoms with van der Waals surface area (Å²) in [7, 11) is 0. The number of nitro groups is 1. The molecule has 0 aliphatic carbocycles. The summed E-state index contributed by atoms with van der Waals surface area (Å²) < 4.78 is 6.07. The van der Waals surface area contributed by atoms with E-state index in [9.17, 15) is 10.1 Å². The van der Waals surface area contributed by atoms with Crippen molar-refractivity contribution < 1.29 is 14.5 Å². The molecule has 0 unspecified atom stereocenters. The molecule has 6 nitrogen and oxygen atoms in total. The Labute approximate surface area is 179 Å². The first-order chi connectivity index (χ1) is 15.2. The van der Waals surface area contributed by atoms with Crippen LogP contribution in [0.15, 0.2) is 96.2 Å². The topological polar surface area (TPSA) is 74.0 Å². The van der Waals surface area contributed by atoms with E-state index in [1.807, 2.05) is 42.5 Å². The average Bonchev–Trinajstić information content (AvgIpc) is 2.81. The fourth-order valence-electron chi connectivity index (χ4n) is 3.26. The summed E-state index contributed by atoms with van der Waals surface area (Å²) in [4.78, 5) is 15.8. The van der Waals surface area contributed by atoms with Crippen LogP contribution in [0.3, 0.4) is 0 Å². The van der Waals surface area contributed by atoms with Crippen LogP contribution in [0.1, 0.15) is 16.7 Å². The number of non-ortho nitro benzene ring substituents is 1. The Hall–Kier alpha value is -4.19. The molecule has 0 N–H and O–H groups in total. The highest BCUT2D eigenvalue weighted by Crippen LogP contribution is 2.22. The monoisotopic (exact) mass is 412 g/mol. The van der Waals surface area contributed by atoms with Gasteiger partial charge in [0, 0.05) is 17.7 Å². The first-order valence-corrected chi connectivity index (χ1v) is 9.78. The van der Waals surface area contributed by atoms with Crippen molar-refractivity contribution in [1.29, 1.82) is 0 Å². The van der Waals surface area contributed by atoms with Gasteiger partial charge in [-0.3, -0.25) is 10.1 Å². The van der Waals surface area contributed by atoms with E-state index >= 15 is 0 Å². The molecule has 0 atom stereocenters. The maximum absolute atomic E-state index is 10.9. The standard InChI is InChI=1S/C25H20N2O4/c28-27(29)23-12-5-7-19(15-23)17-31-26-16-21-9-2-4-14-25(21)30-18-22-11-6-10-20-8-1-3-13-24(20)22/h1-16H,17-18H2/b26-16-. The number of hydrogen-bond donors (Lipinski definition) is 0. The molecule has 31 heavy (non-hydrogen) atoms. The summed E-state index contributed by atoms with van der Waals surface area (Å²) in [5, 5.41) is 17.2. The molecule has 0 spiro atoms. The number of benzene rings is 4. The fraction of sp³-hybridized carbons (Fsp3) is 0.0800. The van der Waals surface area contributed by atoms with Crippen LogP contribution >= 0.6 is 0 Å². The molecule has 0 fully saturated rings. The van der Waals surface area contributed by atoms with Crippen molar-refractivity contribution in [2.24, 2.45) is 5.16 Å². The maximum atomic E-state index is 10.9. The van der Waals surface area contributed by atoms with Crippen molar-refractivity contribution >= 4 is 22.7 Å². The number of hydrogen-bond acceptors (Lipinski definition) is 5. The Morgan fingerprint density at radius 2 is 1.65 bits per heavy atom. The molecular formula is C25H20N2O4. The van der Waals surface area contributed by atoms with E-state index in [2.05, 4.69) is 29.4 Å². The predicted molar refractivity (Wildman–Crippen MR) is 120 cm³/mol. The van der Waals surface area contributed by atoms with Crippen LogP contribution in [0.5, 0.6) is 5.75 Å². The molecule has 0 aromatic heterocycles. The van der Waals surface area contributed by atoms with E-state index < -0.39 is 4.92 Å². The van der Waals surface area contributed by atoms with Crippen molar-refractivity contribution in [3.8, 4) is 5.75 Å². The van der Waals surface area contributed by atoms with Crippen molar-refractivity contribution in [3.63, 3.8) is 0 Å². The third kappa shape index (κ3) is 5.05. The highest BCUT2D eigenvalue weighted by atomic mass is 16.6. The van der Waals surface area contributed by atoms with Gasteiger partial charge in [0.15, 0.2) is 0 Å². The number of nitro benzene ring substituents is 1. The summed E-state index contributed by atoms with van der Waals surface area (Å²) in [5.41, 5.74) is 2.58. The van der Waals surface area contributed by atoms with Gasteiger partial charge in [0.1, 0.15) is 19.0 Å². The molecule has 0 heterocycles. The van der Waals surface area contributed by atoms with Crippen molar-refractivity contribution in [2.75, 3.05) is 0 Å². The van der Waals surface area contributed by atoms with Gasteiger partial charge in [0.05, 0.1) is 11.1 Å². The van der Waals surface area contributed by atoms with Crippen LogP contribution in [0.25, 0.3) is 10.8 Å². The van der Waals surface area contributed by atoms with E-state index in [4.69, 9.17) is 9.57 Å². The quantitative estimate of drug-likeness (QED) is 0.206. The lowest BCUT2D eigenvalue weighted by atomic mass is 10.1. The highest BCUT2D eigenvalue weighted by Gasteiger charge is 2.06. The first kappa shape index (κ1) is 20.1. The molecule has 0 aliphatic heterocycles. The van der Waals surface area contributed by atoms with Gasteiger partial charge in [-0.05, 0) is 34.0 Å². The Kier molecular flexibility index (Phi) is 6.18. The Morgan fingerprint density at radius 3 is 2.55 bits per heavy atom. The van der Waals surface area contributed by atoms with Crippen molar-refractivity contribution in [3.05, 3.63) is 118 Å². The summed E-state index contributed by atoms with van der Waals surface area (Å²) in [6.45, 7) is 0.567. The Balaban J connectivity index is 1.41. The van der Waals surface area contributed by atoms with Gasteiger partial charge in [0.2, 0.25) is 0 Å². The van der Waals surface area contributed by atoms with Crippen LogP contribution in [0.4, 0.5) is 5.69 Å². The molecule has 154 valence electrons. The molecule has 0 aliphatic rings. The van der Waals surface area contributed by atoms with Gasteiger partial charge in [0.25, 0.3) is 5.69 Å². The van der Waals surface area contributed by atoms with Crippen LogP contribution in [0.2, 0.25) is 0 Å². The number of fused-ring (bicyclic) bond motifs is 1. The Morgan fingerprint density at radius 1 is 0.871 bits per heavy atom. The zero-order chi connectivity index (χ0) is 21.5. The molecule has 4 aromatic rings. The molecule has 0 amide bonds. The van der Waals surface area contributed by atoms with Crippen LogP contribution in [-0.4, -0.2) is 11.1 Å². The minimum Gasteiger partial charge on any atom is -0.488 e. The number of ether oxygens (including phenoxy) is 1. The maximum Gasteiger partial charge on any atom is 0.269 e. The summed E-state index contributed by atoms with van der Waals surface area (Å²) in [5.74, 6) is 0.693. The van der Waals surface area contributed by atoms with E-state index in [1.165, 1.54) is 17.5 Å². The third-order valence-corrected chi connectivity index (χ3v) is 4.80. The molecule has 0 bridgehead atoms. The summed E-state index contributed by atoms with van der Waals surface area (Å²) >= 11 is 0. The van der Waals surface area contributed by atoms with Gasteiger partial charge < -0.3 is 9.57 Å². The smallest absolute Gasteiger partial charge is 0.269 e. The third-order valence-electron chi connectivity index (χ3n) is 4.80. The molecule has 0 saturated heterocycles. The number of rotatable bonds is 8. The van der Waals surface area contributed by atoms with Gasteiger partial charge >= 0.3 is 0 Å². The average molecular weight is 412 g/mol. The minimum absolute atomic E-state index is 0.0252. The lowest BCUT2D eigenvalue weighted by molar-refractivity contribution is -0.384. The van der Waals surface area contributed by atoms with E-state index in [0.717, 1.165) is 16.5 Å². The van der Waals surface area contributed by atoms with Crippen molar-refractivity contribution in [2.45, 2.75) is 13.2 Å². The van der Waals surface area contributed by atoms with Gasteiger partial charge in [-0.1, -0.05) is 71.9 Å². The zero-order valence-electron chi connectivity index (χ0n) is 16.7. The van der Waals surface area contributed by atoms with Gasteiger partial charge in [-0.15, -0.1) is 0 Å². The van der Waals surface area contributed by atoms with Crippen LogP contribution in [0, 0.1) is 10.1 Å². The normalized spacial score (nSPS) is 11.0. The van der Waals surface area contributed by atoms with E-state index in [0.29, 0.717) is 17.9 Å². The lowest BCUT2D eigenvalue weighted by Gasteiger charge is -2.11. The largest absolute Gasteiger partial charge is 0.488 e. The van der Waals surface area contributed by atoms with Gasteiger partial charge in [-0.2, -0.15) is 0 Å². The molecule has 6 heteroatoms. The molecule has 0 radical (unpaired) electrons. The highest BCUT2D eigenvalue weighted by molar-refractivity contribution is 5.86. The van der Waals surface area contributed by atoms with Crippen LogP contribution < -0.4 is 4.74 Å². The van der Waals surface area contributed by atoms with E-state index in [1.54, 1.807) is 18.3 Å². The summed E-state index contributed by atoms with van der Waals surface area (Å²) in [6, 6.07) is 28.2. The predicted octanol–water partition coefficient (Wildman–Crippen LogP) is 5.88. The summed E-state index contributed by atoms with van der Waals surface area (Å²) in [6.07, 6.45) is 1.58. The fourth-order valence-corrected chi connectivity index (χ4v) is 3.26. The number of nitrogens with zero attached hydrogens (tertiary/aromatic N) is 2. The van der Waals surface area contributed by atoms with E-state index in [-0.39, 0.29) is 12.3 Å². The molecule has 4 aromatic carbocycles. The molecular weight excluding hydrogens is 392 g/mol. The number of oxime groups is 1. The molecule has 4 rings (SSSR count). The molecule has 0 saturated carbocycles.